The van der Waals surface area contributed by atoms with Gasteiger partial charge in [-0.2, -0.15) is 0 Å². The number of piperidine rings is 1. The molecule has 3 aromatic carbocycles. The van der Waals surface area contributed by atoms with Gasteiger partial charge in [-0.25, -0.2) is 4.98 Å². The maximum atomic E-state index is 13.1. The quantitative estimate of drug-likeness (QED) is 0.245. The molecule has 0 saturated carbocycles. The van der Waals surface area contributed by atoms with Gasteiger partial charge in [0.2, 0.25) is 0 Å². The molecule has 6 nitrogen and oxygen atoms in total. The molecule has 8 heteroatoms. The van der Waals surface area contributed by atoms with E-state index in [2.05, 4.69) is 42.1 Å². The first-order chi connectivity index (χ1) is 19.3. The number of benzene rings is 3. The topological polar surface area (TPSA) is 65.9 Å². The smallest absolute Gasteiger partial charge is 0.260 e. The molecule has 0 unspecified atom stereocenters. The van der Waals surface area contributed by atoms with Crippen molar-refractivity contribution in [3.05, 3.63) is 106 Å². The van der Waals surface area contributed by atoms with Crippen molar-refractivity contribution >= 4 is 28.8 Å². The fraction of sp³-hybridized carbons (Fsp3) is 0.312. The molecule has 0 spiro atoms. The maximum Gasteiger partial charge on any atom is 0.260 e. The SMILES string of the molecule is C[C@@H](c1nccs1)N(C)Cc1cc(-c2ccccc2)ccc1OCC(=O)N1CCC(O)(c2ccc(Cl)cc2)CC1. The zero-order valence-corrected chi connectivity index (χ0v) is 24.4. The van der Waals surface area contributed by atoms with Crippen LogP contribution in [0.25, 0.3) is 11.1 Å². The zero-order valence-electron chi connectivity index (χ0n) is 22.8. The van der Waals surface area contributed by atoms with Gasteiger partial charge in [-0.1, -0.05) is 60.1 Å². The monoisotopic (exact) mass is 575 g/mol. The summed E-state index contributed by atoms with van der Waals surface area (Å²) in [5, 5.41) is 14.9. The number of aromatic nitrogens is 1. The van der Waals surface area contributed by atoms with E-state index in [1.165, 1.54) is 0 Å². The van der Waals surface area contributed by atoms with E-state index in [1.807, 2.05) is 54.0 Å². The van der Waals surface area contributed by atoms with E-state index < -0.39 is 5.60 Å². The van der Waals surface area contributed by atoms with Crippen molar-refractivity contribution in [3.8, 4) is 16.9 Å². The number of hydrogen-bond acceptors (Lipinski definition) is 6. The highest BCUT2D eigenvalue weighted by Crippen LogP contribution is 2.34. The van der Waals surface area contributed by atoms with E-state index in [0.29, 0.717) is 43.2 Å². The standard InChI is InChI=1S/C32H34ClN3O3S/c1-23(31-34-16-19-40-31)35(2)21-26-20-25(24-6-4-3-5-7-24)8-13-29(26)39-22-30(37)36-17-14-32(38,15-18-36)27-9-11-28(33)12-10-27/h3-13,16,19-20,23,38H,14-15,17-18,21-22H2,1-2H3/t23-/m0/s1. The lowest BCUT2D eigenvalue weighted by Crippen LogP contribution is -2.46. The number of thiazole rings is 1. The number of amides is 1. The van der Waals surface area contributed by atoms with E-state index in [1.54, 1.807) is 28.4 Å². The van der Waals surface area contributed by atoms with Crippen molar-refractivity contribution < 1.29 is 14.6 Å². The van der Waals surface area contributed by atoms with Crippen LogP contribution in [0, 0.1) is 0 Å². The highest BCUT2D eigenvalue weighted by Gasteiger charge is 2.35. The van der Waals surface area contributed by atoms with Gasteiger partial charge in [-0.3, -0.25) is 9.69 Å². The molecule has 1 fully saturated rings. The number of halogens is 1. The minimum absolute atomic E-state index is 0.0528. The molecule has 1 saturated heterocycles. The number of likely N-dealkylation sites (tertiary alicyclic amines) is 1. The summed E-state index contributed by atoms with van der Waals surface area (Å²) in [5.74, 6) is 0.613. The predicted octanol–water partition coefficient (Wildman–Crippen LogP) is 6.55. The first kappa shape index (κ1) is 28.3. The number of nitrogens with zero attached hydrogens (tertiary/aromatic N) is 3. The average Bonchev–Trinajstić information content (AvgIpc) is 3.52. The molecule has 1 amide bonds. The summed E-state index contributed by atoms with van der Waals surface area (Å²) in [6, 6.07) is 23.8. The van der Waals surface area contributed by atoms with E-state index in [4.69, 9.17) is 16.3 Å². The minimum Gasteiger partial charge on any atom is -0.483 e. The fourth-order valence-corrected chi connectivity index (χ4v) is 5.98. The van der Waals surface area contributed by atoms with Crippen LogP contribution in [0.3, 0.4) is 0 Å². The van der Waals surface area contributed by atoms with Gasteiger partial charge in [-0.05, 0) is 67.8 Å². The summed E-state index contributed by atoms with van der Waals surface area (Å²) < 4.78 is 6.16. The predicted molar refractivity (Wildman–Crippen MR) is 161 cm³/mol. The minimum atomic E-state index is -0.957. The lowest BCUT2D eigenvalue weighted by molar-refractivity contribution is -0.137. The molecular formula is C32H34ClN3O3S. The summed E-state index contributed by atoms with van der Waals surface area (Å²) in [5.41, 5.74) is 3.11. The number of carbonyl (C=O) groups excluding carboxylic acids is 1. The van der Waals surface area contributed by atoms with Crippen LogP contribution in [-0.2, 0) is 16.9 Å². The Morgan fingerprint density at radius 2 is 1.82 bits per heavy atom. The molecular weight excluding hydrogens is 542 g/mol. The zero-order chi connectivity index (χ0) is 28.1. The van der Waals surface area contributed by atoms with Crippen LogP contribution in [0.2, 0.25) is 5.02 Å². The molecule has 1 aliphatic rings. The van der Waals surface area contributed by atoms with E-state index in [0.717, 1.165) is 27.3 Å². The third-order valence-corrected chi connectivity index (χ3v) is 8.93. The Morgan fingerprint density at radius 1 is 1.10 bits per heavy atom. The van der Waals surface area contributed by atoms with Crippen molar-refractivity contribution in [2.75, 3.05) is 26.7 Å². The van der Waals surface area contributed by atoms with Crippen molar-refractivity contribution in [2.45, 2.75) is 38.0 Å². The van der Waals surface area contributed by atoms with Crippen molar-refractivity contribution in [2.24, 2.45) is 0 Å². The van der Waals surface area contributed by atoms with Gasteiger partial charge in [0, 0.05) is 41.8 Å². The lowest BCUT2D eigenvalue weighted by atomic mass is 9.84. The fourth-order valence-electron chi connectivity index (χ4n) is 5.09. The Balaban J connectivity index is 1.27. The van der Waals surface area contributed by atoms with E-state index >= 15 is 0 Å². The first-order valence-electron chi connectivity index (χ1n) is 13.5. The molecule has 5 rings (SSSR count). The maximum absolute atomic E-state index is 13.1. The Bertz CT molecular complexity index is 1410. The van der Waals surface area contributed by atoms with E-state index in [-0.39, 0.29) is 18.6 Å². The van der Waals surface area contributed by atoms with Crippen molar-refractivity contribution in [1.82, 2.24) is 14.8 Å². The molecule has 4 aromatic rings. The van der Waals surface area contributed by atoms with Crippen LogP contribution < -0.4 is 4.74 Å². The molecule has 0 radical (unpaired) electrons. The second-order valence-electron chi connectivity index (χ2n) is 10.4. The molecule has 1 aliphatic heterocycles. The molecule has 208 valence electrons. The van der Waals surface area contributed by atoms with Crippen LogP contribution >= 0.6 is 22.9 Å². The summed E-state index contributed by atoms with van der Waals surface area (Å²) in [6.07, 6.45) is 2.77. The Labute approximate surface area is 244 Å². The van der Waals surface area contributed by atoms with Gasteiger partial charge in [0.1, 0.15) is 10.8 Å². The second-order valence-corrected chi connectivity index (χ2v) is 11.7. The third-order valence-electron chi connectivity index (χ3n) is 7.73. The summed E-state index contributed by atoms with van der Waals surface area (Å²) >= 11 is 7.65. The number of hydrogen-bond donors (Lipinski definition) is 1. The van der Waals surface area contributed by atoms with Crippen LogP contribution in [0.5, 0.6) is 5.75 Å². The van der Waals surface area contributed by atoms with Gasteiger partial charge in [0.05, 0.1) is 11.6 Å². The average molecular weight is 576 g/mol. The van der Waals surface area contributed by atoms with E-state index in [9.17, 15) is 9.90 Å². The molecule has 1 atom stereocenters. The van der Waals surface area contributed by atoms with Gasteiger partial charge >= 0.3 is 0 Å². The summed E-state index contributed by atoms with van der Waals surface area (Å²) in [7, 11) is 2.08. The van der Waals surface area contributed by atoms with Crippen LogP contribution in [0.1, 0.15) is 41.9 Å². The number of aliphatic hydroxyl groups is 1. The molecule has 0 bridgehead atoms. The molecule has 1 aromatic heterocycles. The normalized spacial score (nSPS) is 15.7. The van der Waals surface area contributed by atoms with Crippen molar-refractivity contribution in [3.63, 3.8) is 0 Å². The second kappa shape index (κ2) is 12.5. The summed E-state index contributed by atoms with van der Waals surface area (Å²) in [4.78, 5) is 21.6. The van der Waals surface area contributed by atoms with Gasteiger partial charge in [-0.15, -0.1) is 11.3 Å². The number of carbonyl (C=O) groups is 1. The lowest BCUT2D eigenvalue weighted by Gasteiger charge is -2.38. The Kier molecular flexibility index (Phi) is 8.86. The largest absolute Gasteiger partial charge is 0.483 e. The number of ether oxygens (including phenoxy) is 1. The Morgan fingerprint density at radius 3 is 2.50 bits per heavy atom. The number of rotatable bonds is 9. The van der Waals surface area contributed by atoms with Gasteiger partial charge in [0.25, 0.3) is 5.91 Å². The van der Waals surface area contributed by atoms with Crippen LogP contribution in [0.4, 0.5) is 0 Å². The third kappa shape index (κ3) is 6.56. The van der Waals surface area contributed by atoms with Gasteiger partial charge < -0.3 is 14.7 Å². The highest BCUT2D eigenvalue weighted by atomic mass is 35.5. The molecule has 1 N–H and O–H groups in total. The Hall–Kier alpha value is -3.23. The first-order valence-corrected chi connectivity index (χ1v) is 14.8. The van der Waals surface area contributed by atoms with Crippen LogP contribution in [0.15, 0.2) is 84.4 Å². The molecule has 0 aliphatic carbocycles. The van der Waals surface area contributed by atoms with Crippen molar-refractivity contribution in [1.29, 1.82) is 0 Å². The highest BCUT2D eigenvalue weighted by molar-refractivity contribution is 7.09. The summed E-state index contributed by atoms with van der Waals surface area (Å²) in [6.45, 7) is 3.67. The van der Waals surface area contributed by atoms with Crippen LogP contribution in [-0.4, -0.2) is 52.5 Å². The molecule has 2 heterocycles. The molecule has 40 heavy (non-hydrogen) atoms. The van der Waals surface area contributed by atoms with Gasteiger partial charge in [0.15, 0.2) is 6.61 Å².